The molecule has 0 fully saturated rings. The fourth-order valence-corrected chi connectivity index (χ4v) is 4.29. The normalized spacial score (nSPS) is 20.0. The van der Waals surface area contributed by atoms with E-state index in [9.17, 15) is 0 Å². The van der Waals surface area contributed by atoms with Crippen LogP contribution < -0.4 is 10.2 Å². The second kappa shape index (κ2) is 12.0. The predicted molar refractivity (Wildman–Crippen MR) is 146 cm³/mol. The number of aliphatic imine (C=N–C) groups is 2. The van der Waals surface area contributed by atoms with Gasteiger partial charge in [-0.15, -0.1) is 0 Å². The molecular formula is C28H28Cl2N4O. The van der Waals surface area contributed by atoms with Gasteiger partial charge in [-0.05, 0) is 23.6 Å². The summed E-state index contributed by atoms with van der Waals surface area (Å²) in [7, 11) is 1.60. The minimum atomic E-state index is 0.127. The summed E-state index contributed by atoms with van der Waals surface area (Å²) in [6.45, 7) is 3.29. The maximum Gasteiger partial charge on any atom is 0.121 e. The number of hydrogen-bond acceptors (Lipinski definition) is 4. The molecule has 1 aliphatic rings. The smallest absolute Gasteiger partial charge is 0.121 e. The largest absolute Gasteiger partial charge is 0.497 e. The van der Waals surface area contributed by atoms with E-state index in [1.807, 2.05) is 42.5 Å². The van der Waals surface area contributed by atoms with Crippen LogP contribution in [0.4, 0.5) is 0 Å². The van der Waals surface area contributed by atoms with Crippen LogP contribution in [0.3, 0.4) is 0 Å². The lowest BCUT2D eigenvalue weighted by Gasteiger charge is -2.22. The molecule has 5 nitrogen and oxygen atoms in total. The van der Waals surface area contributed by atoms with E-state index in [2.05, 4.69) is 36.6 Å². The van der Waals surface area contributed by atoms with Gasteiger partial charge in [0, 0.05) is 24.0 Å². The van der Waals surface area contributed by atoms with Crippen molar-refractivity contribution in [2.75, 3.05) is 7.11 Å². The molecule has 0 amide bonds. The highest BCUT2D eigenvalue weighted by Crippen LogP contribution is 2.33. The molecule has 0 radical (unpaired) electrons. The van der Waals surface area contributed by atoms with E-state index >= 15 is 0 Å². The highest BCUT2D eigenvalue weighted by molar-refractivity contribution is 6.53. The lowest BCUT2D eigenvalue weighted by atomic mass is 9.91. The first-order valence-electron chi connectivity index (χ1n) is 11.6. The highest BCUT2D eigenvalue weighted by atomic mass is 35.5. The molecule has 0 saturated carbocycles. The molecule has 1 aliphatic heterocycles. The first-order chi connectivity index (χ1) is 17.0. The highest BCUT2D eigenvalue weighted by Gasteiger charge is 2.25. The fourth-order valence-electron chi connectivity index (χ4n) is 3.88. The Morgan fingerprint density at radius 1 is 0.943 bits per heavy atom. The van der Waals surface area contributed by atoms with Crippen molar-refractivity contribution in [3.63, 3.8) is 0 Å². The van der Waals surface area contributed by atoms with Crippen LogP contribution in [0.15, 0.2) is 87.9 Å². The molecule has 0 spiro atoms. The molecular weight excluding hydrogens is 479 g/mol. The van der Waals surface area contributed by atoms with Crippen molar-refractivity contribution in [3.05, 3.63) is 99.5 Å². The minimum Gasteiger partial charge on any atom is -0.497 e. The van der Waals surface area contributed by atoms with Gasteiger partial charge in [-0.1, -0.05) is 90.8 Å². The fraction of sp³-hybridized carbons (Fsp3) is 0.250. The van der Waals surface area contributed by atoms with Crippen molar-refractivity contribution < 1.29 is 4.74 Å². The molecule has 0 aromatic heterocycles. The molecule has 4 rings (SSSR count). The monoisotopic (exact) mass is 506 g/mol. The second-order valence-electron chi connectivity index (χ2n) is 8.42. The average Bonchev–Trinajstić information content (AvgIpc) is 2.88. The Morgan fingerprint density at radius 3 is 2.20 bits per heavy atom. The van der Waals surface area contributed by atoms with Gasteiger partial charge < -0.3 is 4.74 Å². The number of nitrogens with one attached hydrogen (secondary N) is 1. The lowest BCUT2D eigenvalue weighted by molar-refractivity contribution is 0.415. The zero-order valence-electron chi connectivity index (χ0n) is 19.8. The summed E-state index contributed by atoms with van der Waals surface area (Å²) < 4.78 is 5.46. The first kappa shape index (κ1) is 25.0. The van der Waals surface area contributed by atoms with Crippen molar-refractivity contribution in [3.8, 4) is 5.75 Å². The van der Waals surface area contributed by atoms with Crippen LogP contribution in [-0.4, -0.2) is 24.4 Å². The zero-order valence-corrected chi connectivity index (χ0v) is 21.4. The van der Waals surface area contributed by atoms with Gasteiger partial charge in [0.1, 0.15) is 17.3 Å². The van der Waals surface area contributed by atoms with E-state index in [-0.39, 0.29) is 5.92 Å². The standard InChI is InChI=1S/C28H28Cl2N4O/c1-19-13-14-25(31-17-20-9-5-3-6-10-20)33-34-28(23-15-22(35-2)16-24(29)26(23)30)27(19)32-18-21-11-7-4-8-12-21/h3-12,15-16,19H,13-14,17-18H2,1-2H3,(H,31,33)/b32-27?,34-28+. The maximum absolute atomic E-state index is 6.68. The van der Waals surface area contributed by atoms with Crippen molar-refractivity contribution in [1.82, 2.24) is 5.43 Å². The van der Waals surface area contributed by atoms with E-state index in [4.69, 9.17) is 43.0 Å². The summed E-state index contributed by atoms with van der Waals surface area (Å²) in [5, 5.41) is 5.59. The number of benzene rings is 3. The third-order valence-corrected chi connectivity index (χ3v) is 6.69. The summed E-state index contributed by atoms with van der Waals surface area (Å²) in [5.41, 5.74) is 7.65. The van der Waals surface area contributed by atoms with Crippen LogP contribution in [-0.2, 0) is 13.1 Å². The number of ether oxygens (including phenoxy) is 1. The minimum absolute atomic E-state index is 0.127. The summed E-state index contributed by atoms with van der Waals surface area (Å²) in [6.07, 6.45) is 1.63. The number of rotatable bonds is 6. The molecule has 0 saturated heterocycles. The Morgan fingerprint density at radius 2 is 1.57 bits per heavy atom. The first-order valence-corrected chi connectivity index (χ1v) is 12.3. The summed E-state index contributed by atoms with van der Waals surface area (Å²) in [4.78, 5) is 9.79. The van der Waals surface area contributed by atoms with Gasteiger partial charge in [0.2, 0.25) is 0 Å². The van der Waals surface area contributed by atoms with Crippen LogP contribution in [0.5, 0.6) is 5.75 Å². The molecule has 7 heteroatoms. The van der Waals surface area contributed by atoms with E-state index in [0.717, 1.165) is 35.5 Å². The number of methoxy groups -OCH3 is 1. The van der Waals surface area contributed by atoms with Gasteiger partial charge >= 0.3 is 0 Å². The van der Waals surface area contributed by atoms with Gasteiger partial charge in [-0.2, -0.15) is 5.10 Å². The molecule has 3 aromatic carbocycles. The maximum atomic E-state index is 6.68. The van der Waals surface area contributed by atoms with Gasteiger partial charge in [-0.25, -0.2) is 0 Å². The SMILES string of the molecule is COc1cc(Cl)c(Cl)c(/C2=N\NC(=NCc3ccccc3)CCC(C)C2=NCc2ccccc2)c1. The average molecular weight is 507 g/mol. The zero-order chi connectivity index (χ0) is 24.6. The Bertz CT molecular complexity index is 1240. The van der Waals surface area contributed by atoms with Crippen LogP contribution >= 0.6 is 23.2 Å². The second-order valence-corrected chi connectivity index (χ2v) is 9.20. The molecule has 0 bridgehead atoms. The molecule has 180 valence electrons. The molecule has 1 N–H and O–H groups in total. The summed E-state index contributed by atoms with van der Waals surface area (Å²) in [5.74, 6) is 1.56. The van der Waals surface area contributed by atoms with Crippen molar-refractivity contribution in [1.29, 1.82) is 0 Å². The topological polar surface area (TPSA) is 58.3 Å². The summed E-state index contributed by atoms with van der Waals surface area (Å²) in [6, 6.07) is 23.9. The lowest BCUT2D eigenvalue weighted by Crippen LogP contribution is -2.32. The number of hydrazone groups is 1. The Balaban J connectivity index is 1.74. The van der Waals surface area contributed by atoms with Gasteiger partial charge in [0.15, 0.2) is 0 Å². The van der Waals surface area contributed by atoms with E-state index < -0.39 is 0 Å². The van der Waals surface area contributed by atoms with Crippen LogP contribution in [0.25, 0.3) is 0 Å². The Labute approximate surface area is 216 Å². The Kier molecular flexibility index (Phi) is 8.56. The van der Waals surface area contributed by atoms with Crippen molar-refractivity contribution in [2.45, 2.75) is 32.9 Å². The van der Waals surface area contributed by atoms with Crippen LogP contribution in [0.1, 0.15) is 36.5 Å². The van der Waals surface area contributed by atoms with Crippen molar-refractivity contribution >= 4 is 40.5 Å². The molecule has 35 heavy (non-hydrogen) atoms. The number of amidine groups is 1. The molecule has 1 unspecified atom stereocenters. The molecule has 3 aromatic rings. The van der Waals surface area contributed by atoms with E-state index in [1.54, 1.807) is 13.2 Å². The quantitative estimate of drug-likeness (QED) is 0.392. The molecule has 0 aliphatic carbocycles. The molecule has 1 heterocycles. The van der Waals surface area contributed by atoms with Crippen LogP contribution in [0, 0.1) is 5.92 Å². The van der Waals surface area contributed by atoms with Crippen molar-refractivity contribution in [2.24, 2.45) is 21.0 Å². The Hall–Kier alpha value is -3.15. The summed E-state index contributed by atoms with van der Waals surface area (Å²) >= 11 is 13.1. The number of nitrogens with zero attached hydrogens (tertiary/aromatic N) is 3. The van der Waals surface area contributed by atoms with Gasteiger partial charge in [0.05, 0.1) is 36.0 Å². The molecule has 1 atom stereocenters. The van der Waals surface area contributed by atoms with Crippen LogP contribution in [0.2, 0.25) is 10.0 Å². The van der Waals surface area contributed by atoms with Gasteiger partial charge in [0.25, 0.3) is 0 Å². The van der Waals surface area contributed by atoms with E-state index in [0.29, 0.717) is 40.2 Å². The third-order valence-electron chi connectivity index (χ3n) is 5.88. The number of hydrogen-bond donors (Lipinski definition) is 1. The van der Waals surface area contributed by atoms with Gasteiger partial charge in [-0.3, -0.25) is 15.4 Å². The third kappa shape index (κ3) is 6.50. The predicted octanol–water partition coefficient (Wildman–Crippen LogP) is 6.97. The van der Waals surface area contributed by atoms with E-state index in [1.165, 1.54) is 0 Å². The number of halogens is 2.